The van der Waals surface area contributed by atoms with Crippen LogP contribution in [0, 0.1) is 0 Å². The Bertz CT molecular complexity index is 403. The molecule has 0 bridgehead atoms. The average molecular weight is 264 g/mol. The maximum Gasteiger partial charge on any atom is 0.225 e. The standard InChI is InChI=1S/C14H20N2OS/c15-11-4-3-5-12(10-11)16-14(17)8-9-18-13-6-1-2-7-13/h3-5,10,13H,1-2,6-9,15H2,(H,16,17). The van der Waals surface area contributed by atoms with Crippen LogP contribution in [0.15, 0.2) is 24.3 Å². The van der Waals surface area contributed by atoms with E-state index in [-0.39, 0.29) is 5.91 Å². The van der Waals surface area contributed by atoms with Crippen LogP contribution in [0.3, 0.4) is 0 Å². The third kappa shape index (κ3) is 4.26. The van der Waals surface area contributed by atoms with Crippen LogP contribution in [0.2, 0.25) is 0 Å². The summed E-state index contributed by atoms with van der Waals surface area (Å²) in [6.45, 7) is 0. The van der Waals surface area contributed by atoms with E-state index < -0.39 is 0 Å². The molecule has 3 N–H and O–H groups in total. The largest absolute Gasteiger partial charge is 0.399 e. The minimum absolute atomic E-state index is 0.0751. The van der Waals surface area contributed by atoms with Crippen LogP contribution in [0.5, 0.6) is 0 Å². The van der Waals surface area contributed by atoms with Crippen LogP contribution in [-0.2, 0) is 4.79 Å². The van der Waals surface area contributed by atoms with E-state index in [1.807, 2.05) is 30.0 Å². The predicted molar refractivity (Wildman–Crippen MR) is 78.8 cm³/mol. The number of hydrogen-bond acceptors (Lipinski definition) is 3. The molecule has 0 aliphatic heterocycles. The van der Waals surface area contributed by atoms with Gasteiger partial charge in [0.05, 0.1) is 0 Å². The van der Waals surface area contributed by atoms with E-state index in [1.165, 1.54) is 25.7 Å². The molecule has 0 saturated heterocycles. The molecule has 2 rings (SSSR count). The molecule has 1 aromatic rings. The van der Waals surface area contributed by atoms with Gasteiger partial charge in [0, 0.05) is 28.8 Å². The molecule has 0 unspecified atom stereocenters. The molecule has 0 heterocycles. The highest BCUT2D eigenvalue weighted by Crippen LogP contribution is 2.29. The van der Waals surface area contributed by atoms with Gasteiger partial charge in [0.25, 0.3) is 0 Å². The van der Waals surface area contributed by atoms with Gasteiger partial charge >= 0.3 is 0 Å². The number of thioether (sulfide) groups is 1. The number of hydrogen-bond donors (Lipinski definition) is 2. The van der Waals surface area contributed by atoms with Gasteiger partial charge in [0.2, 0.25) is 5.91 Å². The van der Waals surface area contributed by atoms with Crippen LogP contribution >= 0.6 is 11.8 Å². The lowest BCUT2D eigenvalue weighted by Gasteiger charge is -2.09. The van der Waals surface area contributed by atoms with Crippen LogP contribution < -0.4 is 11.1 Å². The minimum atomic E-state index is 0.0751. The quantitative estimate of drug-likeness (QED) is 0.802. The zero-order valence-electron chi connectivity index (χ0n) is 10.5. The van der Waals surface area contributed by atoms with Crippen molar-refractivity contribution in [2.45, 2.75) is 37.4 Å². The maximum atomic E-state index is 11.7. The molecule has 0 spiro atoms. The Labute approximate surface area is 113 Å². The Morgan fingerprint density at radius 1 is 1.39 bits per heavy atom. The highest BCUT2D eigenvalue weighted by atomic mass is 32.2. The summed E-state index contributed by atoms with van der Waals surface area (Å²) in [6.07, 6.45) is 5.93. The minimum Gasteiger partial charge on any atom is -0.399 e. The van der Waals surface area contributed by atoms with Crippen molar-refractivity contribution in [3.05, 3.63) is 24.3 Å². The third-order valence-electron chi connectivity index (χ3n) is 3.16. The second-order valence-corrected chi connectivity index (χ2v) is 6.11. The van der Waals surface area contributed by atoms with Crippen LogP contribution in [0.4, 0.5) is 11.4 Å². The summed E-state index contributed by atoms with van der Waals surface area (Å²) in [5.74, 6) is 0.991. The van der Waals surface area contributed by atoms with Gasteiger partial charge in [0.1, 0.15) is 0 Å². The number of nitrogens with one attached hydrogen (secondary N) is 1. The Hall–Kier alpha value is -1.16. The molecule has 0 aromatic heterocycles. The molecule has 1 aliphatic carbocycles. The van der Waals surface area contributed by atoms with Gasteiger partial charge in [-0.15, -0.1) is 0 Å². The Balaban J connectivity index is 1.68. The van der Waals surface area contributed by atoms with Crippen molar-refractivity contribution in [3.8, 4) is 0 Å². The highest BCUT2D eigenvalue weighted by Gasteiger charge is 2.15. The molecule has 4 heteroatoms. The molecule has 0 atom stereocenters. The monoisotopic (exact) mass is 264 g/mol. The van der Waals surface area contributed by atoms with Crippen LogP contribution in [0.1, 0.15) is 32.1 Å². The second-order valence-electron chi connectivity index (χ2n) is 4.70. The summed E-state index contributed by atoms with van der Waals surface area (Å²) in [4.78, 5) is 11.7. The summed E-state index contributed by atoms with van der Waals surface area (Å²) in [5.41, 5.74) is 7.12. The van der Waals surface area contributed by atoms with Crippen molar-refractivity contribution in [2.24, 2.45) is 0 Å². The molecular weight excluding hydrogens is 244 g/mol. The molecule has 1 saturated carbocycles. The number of benzene rings is 1. The number of nitrogens with two attached hydrogens (primary N) is 1. The lowest BCUT2D eigenvalue weighted by atomic mass is 10.3. The summed E-state index contributed by atoms with van der Waals surface area (Å²) in [5, 5.41) is 3.66. The van der Waals surface area contributed by atoms with E-state index in [1.54, 1.807) is 6.07 Å². The van der Waals surface area contributed by atoms with E-state index in [0.717, 1.165) is 16.7 Å². The first kappa shape index (κ1) is 13.3. The topological polar surface area (TPSA) is 55.1 Å². The van der Waals surface area contributed by atoms with E-state index >= 15 is 0 Å². The summed E-state index contributed by atoms with van der Waals surface area (Å²) < 4.78 is 0. The molecule has 18 heavy (non-hydrogen) atoms. The SMILES string of the molecule is Nc1cccc(NC(=O)CCSC2CCCC2)c1. The second kappa shape index (κ2) is 6.69. The first-order chi connectivity index (χ1) is 8.74. The zero-order chi connectivity index (χ0) is 12.8. The molecule has 1 aromatic carbocycles. The number of anilines is 2. The average Bonchev–Trinajstić information content (AvgIpc) is 2.82. The van der Waals surface area contributed by atoms with E-state index in [2.05, 4.69) is 5.32 Å². The number of amides is 1. The number of nitrogen functional groups attached to an aromatic ring is 1. The van der Waals surface area contributed by atoms with Crippen molar-refractivity contribution in [2.75, 3.05) is 16.8 Å². The van der Waals surface area contributed by atoms with Crippen molar-refractivity contribution < 1.29 is 4.79 Å². The first-order valence-electron chi connectivity index (χ1n) is 6.51. The number of rotatable bonds is 5. The summed E-state index contributed by atoms with van der Waals surface area (Å²) >= 11 is 1.94. The summed E-state index contributed by atoms with van der Waals surface area (Å²) in [7, 11) is 0. The van der Waals surface area contributed by atoms with Gasteiger partial charge in [-0.1, -0.05) is 18.9 Å². The molecular formula is C14H20N2OS. The smallest absolute Gasteiger partial charge is 0.225 e. The Kier molecular flexibility index (Phi) is 4.93. The van der Waals surface area contributed by atoms with E-state index in [9.17, 15) is 4.79 Å². The predicted octanol–water partition coefficient (Wildman–Crippen LogP) is 3.27. The Morgan fingerprint density at radius 2 is 2.17 bits per heavy atom. The fraction of sp³-hybridized carbons (Fsp3) is 0.500. The molecule has 3 nitrogen and oxygen atoms in total. The lowest BCUT2D eigenvalue weighted by molar-refractivity contribution is -0.115. The molecule has 1 fully saturated rings. The fourth-order valence-corrected chi connectivity index (χ4v) is 3.52. The van der Waals surface area contributed by atoms with Gasteiger partial charge in [-0.25, -0.2) is 0 Å². The van der Waals surface area contributed by atoms with E-state index in [0.29, 0.717) is 12.1 Å². The molecule has 98 valence electrons. The van der Waals surface area contributed by atoms with Gasteiger partial charge < -0.3 is 11.1 Å². The van der Waals surface area contributed by atoms with Gasteiger partial charge in [0.15, 0.2) is 0 Å². The number of carbonyl (C=O) groups is 1. The lowest BCUT2D eigenvalue weighted by Crippen LogP contribution is -2.13. The van der Waals surface area contributed by atoms with Gasteiger partial charge in [-0.2, -0.15) is 11.8 Å². The van der Waals surface area contributed by atoms with E-state index in [4.69, 9.17) is 5.73 Å². The maximum absolute atomic E-state index is 11.7. The first-order valence-corrected chi connectivity index (χ1v) is 7.56. The summed E-state index contributed by atoms with van der Waals surface area (Å²) in [6, 6.07) is 7.30. The Morgan fingerprint density at radius 3 is 2.89 bits per heavy atom. The zero-order valence-corrected chi connectivity index (χ0v) is 11.3. The number of carbonyl (C=O) groups excluding carboxylic acids is 1. The third-order valence-corrected chi connectivity index (χ3v) is 4.54. The van der Waals surface area contributed by atoms with Crippen molar-refractivity contribution in [3.63, 3.8) is 0 Å². The fourth-order valence-electron chi connectivity index (χ4n) is 2.21. The normalized spacial score (nSPS) is 15.8. The van der Waals surface area contributed by atoms with Gasteiger partial charge in [-0.05, 0) is 31.0 Å². The van der Waals surface area contributed by atoms with Crippen molar-refractivity contribution in [1.29, 1.82) is 0 Å². The van der Waals surface area contributed by atoms with Crippen molar-refractivity contribution in [1.82, 2.24) is 0 Å². The highest BCUT2D eigenvalue weighted by molar-refractivity contribution is 7.99. The van der Waals surface area contributed by atoms with Crippen LogP contribution in [0.25, 0.3) is 0 Å². The van der Waals surface area contributed by atoms with Crippen LogP contribution in [-0.4, -0.2) is 16.9 Å². The molecule has 0 radical (unpaired) electrons. The molecule has 1 aliphatic rings. The van der Waals surface area contributed by atoms with Gasteiger partial charge in [-0.3, -0.25) is 4.79 Å². The van der Waals surface area contributed by atoms with Crippen molar-refractivity contribution >= 4 is 29.0 Å². The molecule has 1 amide bonds.